The van der Waals surface area contributed by atoms with E-state index < -0.39 is 10.8 Å². The Morgan fingerprint density at radius 2 is 0.765 bits per heavy atom. The second-order valence-corrected chi connectivity index (χ2v) is 20.9. The Hall–Kier alpha value is -6.64. The summed E-state index contributed by atoms with van der Waals surface area (Å²) in [5.41, 5.74) is 11.9. The van der Waals surface area contributed by atoms with E-state index in [2.05, 4.69) is 168 Å². The van der Waals surface area contributed by atoms with Gasteiger partial charge in [-0.2, -0.15) is 0 Å². The molecule has 12 rings (SSSR count). The van der Waals surface area contributed by atoms with Crippen LogP contribution in [0.5, 0.6) is 0 Å². The average molecular weight is 879 g/mol. The highest BCUT2D eigenvalue weighted by Crippen LogP contribution is 2.86. The van der Waals surface area contributed by atoms with Crippen molar-refractivity contribution in [2.24, 2.45) is 40.4 Å². The van der Waals surface area contributed by atoms with Crippen molar-refractivity contribution in [1.29, 1.82) is 0 Å². The second-order valence-electron chi connectivity index (χ2n) is 20.9. The molecule has 0 heterocycles. The summed E-state index contributed by atoms with van der Waals surface area (Å²) in [6.45, 7) is 15.8. The molecule has 4 aromatic carbocycles. The standard InChI is InChI=1S/C68H62/c1-9-21-51-29-17-33-60(56(51)25-13-5)64-55-40-50-44-66(46-55,65-41-47-37-48(42-65)39-49(38-47)43-65)68(62-35-19-31-53(23-11-3)58(62)27-15-7,63-36-20-32-54(24-12-4)59(63)28-16-8)67(64,45-50)61-34-18-30-52(22-10-2)57(61)26-14-6/h17-20,29-36,47-50,55,64H,37-46H2,1-8H3. The van der Waals surface area contributed by atoms with Crippen molar-refractivity contribution in [3.63, 3.8) is 0 Å². The van der Waals surface area contributed by atoms with E-state index >= 15 is 0 Å². The molecule has 4 aromatic rings. The zero-order chi connectivity index (χ0) is 47.3. The lowest BCUT2D eigenvalue weighted by molar-refractivity contribution is -0.250. The highest BCUT2D eigenvalue weighted by Gasteiger charge is 2.82. The fourth-order valence-corrected chi connectivity index (χ4v) is 17.3. The first-order valence-corrected chi connectivity index (χ1v) is 25.2. The summed E-state index contributed by atoms with van der Waals surface area (Å²) in [5, 5.41) is 0. The van der Waals surface area contributed by atoms with Crippen LogP contribution in [0.25, 0.3) is 0 Å². The molecule has 0 N–H and O–H groups in total. The summed E-state index contributed by atoms with van der Waals surface area (Å²) >= 11 is 0. The van der Waals surface area contributed by atoms with Crippen molar-refractivity contribution < 1.29 is 0 Å². The molecule has 0 spiro atoms. The summed E-state index contributed by atoms with van der Waals surface area (Å²) in [7, 11) is 0. The lowest BCUT2D eigenvalue weighted by atomic mass is 9.21. The molecule has 68 heavy (non-hydrogen) atoms. The molecule has 5 atom stereocenters. The summed E-state index contributed by atoms with van der Waals surface area (Å²) < 4.78 is 0. The van der Waals surface area contributed by atoms with Crippen LogP contribution >= 0.6 is 0 Å². The van der Waals surface area contributed by atoms with Gasteiger partial charge in [-0.3, -0.25) is 0 Å². The van der Waals surface area contributed by atoms with E-state index in [-0.39, 0.29) is 16.7 Å². The lowest BCUT2D eigenvalue weighted by Crippen LogP contribution is -2.78. The third kappa shape index (κ3) is 6.36. The SMILES string of the molecule is CC#Cc1cccc(C2C3CC4CC2(c2cccc(C#CC)c2C#CC)C(c2cccc(C#CC)c2C#CC)(c2cccc(C#CC)c2C#CC)C(C25CC6CC(CC(C6)C2)C5)(C4)C3)c1C#CC. The molecule has 0 radical (unpaired) electrons. The fraction of sp³-hybridized carbons (Fsp3) is 0.412. The zero-order valence-corrected chi connectivity index (χ0v) is 41.5. The molecule has 334 valence electrons. The van der Waals surface area contributed by atoms with E-state index in [1.807, 2.05) is 55.4 Å². The molecule has 5 unspecified atom stereocenters. The monoisotopic (exact) mass is 878 g/mol. The Bertz CT molecular complexity index is 3160. The predicted molar refractivity (Wildman–Crippen MR) is 280 cm³/mol. The van der Waals surface area contributed by atoms with Gasteiger partial charge in [0.05, 0.1) is 0 Å². The Morgan fingerprint density at radius 3 is 1.22 bits per heavy atom. The van der Waals surface area contributed by atoms with Gasteiger partial charge in [-0.25, -0.2) is 0 Å². The summed E-state index contributed by atoms with van der Waals surface area (Å²) in [6.07, 6.45) is 12.4. The third-order valence-corrected chi connectivity index (χ3v) is 17.9. The van der Waals surface area contributed by atoms with Crippen molar-refractivity contribution in [2.45, 2.75) is 136 Å². The van der Waals surface area contributed by atoms with Crippen LogP contribution in [0.15, 0.2) is 72.8 Å². The second kappa shape index (κ2) is 17.8. The van der Waals surface area contributed by atoms with Crippen LogP contribution < -0.4 is 0 Å². The molecule has 8 bridgehead atoms. The summed E-state index contributed by atoms with van der Waals surface area (Å²) in [6, 6.07) is 27.9. The smallest absolute Gasteiger partial charge is 0.0443 e. The quantitative estimate of drug-likeness (QED) is 0.175. The Kier molecular flexibility index (Phi) is 11.8. The number of hydrogen-bond donors (Lipinski definition) is 0. The first kappa shape index (κ1) is 45.2. The van der Waals surface area contributed by atoms with Crippen molar-refractivity contribution in [2.75, 3.05) is 0 Å². The van der Waals surface area contributed by atoms with Gasteiger partial charge in [0.25, 0.3) is 0 Å². The highest BCUT2D eigenvalue weighted by molar-refractivity contribution is 5.73. The van der Waals surface area contributed by atoms with E-state index in [1.165, 1.54) is 73.6 Å². The van der Waals surface area contributed by atoms with Crippen LogP contribution in [0.1, 0.15) is 192 Å². The van der Waals surface area contributed by atoms with Crippen molar-refractivity contribution in [3.8, 4) is 94.7 Å². The lowest BCUT2D eigenvalue weighted by Gasteiger charge is -2.82. The van der Waals surface area contributed by atoms with Crippen LogP contribution in [-0.2, 0) is 10.8 Å². The van der Waals surface area contributed by atoms with Crippen LogP contribution in [0.4, 0.5) is 0 Å². The van der Waals surface area contributed by atoms with Gasteiger partial charge in [-0.05, 0) is 212 Å². The topological polar surface area (TPSA) is 0 Å². The fourth-order valence-electron chi connectivity index (χ4n) is 17.3. The molecule has 8 fully saturated rings. The van der Waals surface area contributed by atoms with Crippen molar-refractivity contribution >= 4 is 0 Å². The molecule has 8 saturated carbocycles. The molecule has 0 heteroatoms. The minimum atomic E-state index is -0.717. The van der Waals surface area contributed by atoms with E-state index in [1.54, 1.807) is 0 Å². The van der Waals surface area contributed by atoms with Gasteiger partial charge in [0, 0.05) is 55.3 Å². The Balaban J connectivity index is 1.55. The third-order valence-electron chi connectivity index (χ3n) is 17.9. The predicted octanol–water partition coefficient (Wildman–Crippen LogP) is 13.7. The van der Waals surface area contributed by atoms with Crippen LogP contribution in [-0.4, -0.2) is 0 Å². The molecular weight excluding hydrogens is 817 g/mol. The molecule has 0 nitrogen and oxygen atoms in total. The van der Waals surface area contributed by atoms with Crippen molar-refractivity contribution in [3.05, 3.63) is 140 Å². The highest BCUT2D eigenvalue weighted by atomic mass is 14.8. The van der Waals surface area contributed by atoms with Crippen molar-refractivity contribution in [1.82, 2.24) is 0 Å². The Labute approximate surface area is 409 Å². The van der Waals surface area contributed by atoms with E-state index in [0.717, 1.165) is 75.1 Å². The van der Waals surface area contributed by atoms with Gasteiger partial charge < -0.3 is 0 Å². The molecule has 8 aliphatic rings. The Morgan fingerprint density at radius 1 is 0.368 bits per heavy atom. The maximum Gasteiger partial charge on any atom is 0.0443 e. The minimum absolute atomic E-state index is 0.0180. The molecule has 0 saturated heterocycles. The maximum atomic E-state index is 3.86. The first-order chi connectivity index (χ1) is 33.3. The van der Waals surface area contributed by atoms with Gasteiger partial charge >= 0.3 is 0 Å². The number of benzene rings is 4. The van der Waals surface area contributed by atoms with Gasteiger partial charge in [-0.1, -0.05) is 95.9 Å². The maximum absolute atomic E-state index is 3.86. The molecule has 0 amide bonds. The minimum Gasteiger partial charge on any atom is -0.101 e. The molecule has 0 aromatic heterocycles. The van der Waals surface area contributed by atoms with Crippen LogP contribution in [0.2, 0.25) is 0 Å². The zero-order valence-electron chi connectivity index (χ0n) is 41.5. The van der Waals surface area contributed by atoms with Crippen LogP contribution in [0.3, 0.4) is 0 Å². The van der Waals surface area contributed by atoms with E-state index in [0.29, 0.717) is 11.8 Å². The summed E-state index contributed by atoms with van der Waals surface area (Å²) in [4.78, 5) is 0. The van der Waals surface area contributed by atoms with E-state index in [9.17, 15) is 0 Å². The normalized spacial score (nSPS) is 28.8. The average Bonchev–Trinajstić information content (AvgIpc) is 3.32. The molecule has 0 aliphatic heterocycles. The number of hydrogen-bond acceptors (Lipinski definition) is 0. The molecular formula is C68H62. The van der Waals surface area contributed by atoms with Gasteiger partial charge in [0.15, 0.2) is 0 Å². The largest absolute Gasteiger partial charge is 0.101 e. The van der Waals surface area contributed by atoms with Gasteiger partial charge in [0.1, 0.15) is 0 Å². The first-order valence-electron chi connectivity index (χ1n) is 25.2. The van der Waals surface area contributed by atoms with Crippen LogP contribution in [0, 0.1) is 135 Å². The number of rotatable bonds is 5. The van der Waals surface area contributed by atoms with Gasteiger partial charge in [-0.15, -0.1) is 47.4 Å². The molecule has 8 aliphatic carbocycles. The summed E-state index contributed by atoms with van der Waals surface area (Å²) in [5.74, 6) is 60.0. The van der Waals surface area contributed by atoms with Gasteiger partial charge in [0.2, 0.25) is 0 Å². The van der Waals surface area contributed by atoms with E-state index in [4.69, 9.17) is 0 Å².